The van der Waals surface area contributed by atoms with E-state index in [1.807, 2.05) is 56.9 Å². The molecule has 2 aliphatic rings. The summed E-state index contributed by atoms with van der Waals surface area (Å²) < 4.78 is 14.1. The maximum atomic E-state index is 13.8. The molecule has 1 aromatic heterocycles. The molecule has 0 unspecified atom stereocenters. The van der Waals surface area contributed by atoms with Gasteiger partial charge in [-0.25, -0.2) is 9.36 Å². The second-order valence-corrected chi connectivity index (χ2v) is 17.8. The topological polar surface area (TPSA) is 60.8 Å². The van der Waals surface area contributed by atoms with Crippen LogP contribution in [0.1, 0.15) is 78.6 Å². The average Bonchev–Trinajstić information content (AvgIpc) is 3.12. The van der Waals surface area contributed by atoms with E-state index >= 15 is 0 Å². The van der Waals surface area contributed by atoms with Gasteiger partial charge in [-0.15, -0.1) is 0 Å². The Hall–Kier alpha value is -2.38. The Morgan fingerprint density at radius 3 is 2.43 bits per heavy atom. The van der Waals surface area contributed by atoms with Crippen molar-refractivity contribution in [2.75, 3.05) is 13.2 Å². The lowest BCUT2D eigenvalue weighted by Crippen LogP contribution is -2.48. The van der Waals surface area contributed by atoms with Crippen molar-refractivity contribution in [3.8, 4) is 0 Å². The first-order chi connectivity index (χ1) is 17.2. The van der Waals surface area contributed by atoms with Gasteiger partial charge in [0.15, 0.2) is 8.32 Å². The summed E-state index contributed by atoms with van der Waals surface area (Å²) in [6.07, 6.45) is 3.90. The van der Waals surface area contributed by atoms with Crippen LogP contribution in [0.3, 0.4) is 0 Å². The minimum atomic E-state index is -1.88. The minimum Gasteiger partial charge on any atom is -0.443 e. The molecule has 0 bridgehead atoms. The summed E-state index contributed by atoms with van der Waals surface area (Å²) in [4.78, 5) is 29.3. The second kappa shape index (κ2) is 9.73. The van der Waals surface area contributed by atoms with Gasteiger partial charge in [0.2, 0.25) is 5.91 Å². The number of fused-ring (bicyclic) bond motifs is 5. The first-order valence-corrected chi connectivity index (χ1v) is 16.5. The molecule has 1 amide bonds. The van der Waals surface area contributed by atoms with Crippen LogP contribution in [0.25, 0.3) is 10.9 Å². The van der Waals surface area contributed by atoms with Crippen molar-refractivity contribution in [1.82, 2.24) is 9.47 Å². The molecule has 6 nitrogen and oxygen atoms in total. The molecule has 2 aromatic rings. The normalized spacial score (nSPS) is 21.8. The molecule has 0 saturated carbocycles. The van der Waals surface area contributed by atoms with Gasteiger partial charge >= 0.3 is 6.09 Å². The number of ether oxygens (including phenoxy) is 1. The first-order valence-electron chi connectivity index (χ1n) is 13.6. The van der Waals surface area contributed by atoms with Crippen molar-refractivity contribution in [3.05, 3.63) is 47.2 Å². The van der Waals surface area contributed by atoms with Crippen LogP contribution in [0.2, 0.25) is 18.1 Å². The maximum absolute atomic E-state index is 13.8. The third-order valence-corrected chi connectivity index (χ3v) is 12.9. The number of amides is 1. The molecule has 0 radical (unpaired) electrons. The van der Waals surface area contributed by atoms with E-state index < -0.39 is 13.9 Å². The highest BCUT2D eigenvalue weighted by Crippen LogP contribution is 2.46. The van der Waals surface area contributed by atoms with Crippen LogP contribution in [0.15, 0.2) is 35.9 Å². The molecule has 1 fully saturated rings. The Kier molecular flexibility index (Phi) is 7.27. The largest absolute Gasteiger partial charge is 0.443 e. The van der Waals surface area contributed by atoms with Crippen LogP contribution in [-0.2, 0) is 20.4 Å². The summed E-state index contributed by atoms with van der Waals surface area (Å²) in [7, 11) is -1.88. The number of aromatic nitrogens is 1. The molecule has 37 heavy (non-hydrogen) atoms. The van der Waals surface area contributed by atoms with Crippen LogP contribution in [0, 0.1) is 5.92 Å². The van der Waals surface area contributed by atoms with Gasteiger partial charge in [-0.2, -0.15) is 0 Å². The van der Waals surface area contributed by atoms with E-state index in [4.69, 9.17) is 9.16 Å². The molecule has 2 aliphatic heterocycles. The van der Waals surface area contributed by atoms with Gasteiger partial charge in [-0.05, 0) is 82.6 Å². The van der Waals surface area contributed by atoms with Crippen LogP contribution >= 0.6 is 0 Å². The minimum absolute atomic E-state index is 0.0829. The zero-order valence-corrected chi connectivity index (χ0v) is 25.1. The number of benzene rings is 1. The zero-order chi connectivity index (χ0) is 27.3. The lowest BCUT2D eigenvalue weighted by molar-refractivity contribution is -0.133. The summed E-state index contributed by atoms with van der Waals surface area (Å²) in [5.41, 5.74) is 3.19. The predicted molar refractivity (Wildman–Crippen MR) is 151 cm³/mol. The summed E-state index contributed by atoms with van der Waals surface area (Å²) >= 11 is 0. The molecule has 1 saturated heterocycles. The first kappa shape index (κ1) is 27.6. The number of para-hydroxylation sites is 1. The van der Waals surface area contributed by atoms with E-state index in [0.29, 0.717) is 13.2 Å². The van der Waals surface area contributed by atoms with Gasteiger partial charge in [0.05, 0.1) is 17.3 Å². The quantitative estimate of drug-likeness (QED) is 0.313. The molecule has 202 valence electrons. The van der Waals surface area contributed by atoms with Gasteiger partial charge < -0.3 is 14.1 Å². The molecule has 7 heteroatoms. The van der Waals surface area contributed by atoms with Gasteiger partial charge in [-0.3, -0.25) is 4.79 Å². The smallest absolute Gasteiger partial charge is 0.419 e. The molecule has 3 heterocycles. The Bertz CT molecular complexity index is 1230. The predicted octanol–water partition coefficient (Wildman–Crippen LogP) is 7.23. The van der Waals surface area contributed by atoms with Crippen LogP contribution in [0.4, 0.5) is 4.79 Å². The number of hydrogen-bond acceptors (Lipinski definition) is 4. The summed E-state index contributed by atoms with van der Waals surface area (Å²) in [5.74, 6) is 0.169. The highest BCUT2D eigenvalue weighted by Gasteiger charge is 2.44. The van der Waals surface area contributed by atoms with E-state index in [2.05, 4.69) is 39.9 Å². The molecule has 0 aliphatic carbocycles. The van der Waals surface area contributed by atoms with Crippen molar-refractivity contribution >= 4 is 31.2 Å². The fourth-order valence-electron chi connectivity index (χ4n) is 5.50. The van der Waals surface area contributed by atoms with Crippen molar-refractivity contribution < 1.29 is 18.8 Å². The van der Waals surface area contributed by atoms with E-state index in [1.165, 1.54) is 0 Å². The molecule has 4 rings (SSSR count). The fourth-order valence-corrected chi connectivity index (χ4v) is 6.56. The van der Waals surface area contributed by atoms with E-state index in [9.17, 15) is 9.59 Å². The summed E-state index contributed by atoms with van der Waals surface area (Å²) in [6.45, 7) is 20.2. The van der Waals surface area contributed by atoms with Crippen molar-refractivity contribution in [3.63, 3.8) is 0 Å². The number of rotatable bonds is 4. The second-order valence-electron chi connectivity index (χ2n) is 13.0. The van der Waals surface area contributed by atoms with Gasteiger partial charge in [-0.1, -0.05) is 45.0 Å². The Morgan fingerprint density at radius 1 is 1.14 bits per heavy atom. The third kappa shape index (κ3) is 5.17. The Balaban J connectivity index is 1.72. The van der Waals surface area contributed by atoms with Crippen molar-refractivity contribution in [2.45, 2.75) is 97.5 Å². The van der Waals surface area contributed by atoms with Gasteiger partial charge in [0.1, 0.15) is 5.60 Å². The molecular weight excluding hydrogens is 480 g/mol. The molecule has 1 aromatic carbocycles. The van der Waals surface area contributed by atoms with E-state index in [0.717, 1.165) is 47.0 Å². The number of hydrogen-bond donors (Lipinski definition) is 0. The van der Waals surface area contributed by atoms with Gasteiger partial charge in [0, 0.05) is 24.1 Å². The standard InChI is InChI=1S/C30H44N2O4Si/c1-10-21-20(16-18-35-37(8,9)30(5,6)7)19-25-26-23(15-17-31(25)27(21)33)22-13-11-12-14-24(22)32(26)28(34)36-29(2,3)4/h10-14,20,25H,15-19H2,1-9H3/b21-10-/t20-,25-/m0/s1. The monoisotopic (exact) mass is 524 g/mol. The Morgan fingerprint density at radius 2 is 1.81 bits per heavy atom. The van der Waals surface area contributed by atoms with Crippen molar-refractivity contribution in [2.24, 2.45) is 5.92 Å². The molecule has 0 spiro atoms. The fraction of sp³-hybridized carbons (Fsp3) is 0.600. The average molecular weight is 525 g/mol. The highest BCUT2D eigenvalue weighted by atomic mass is 28.4. The SMILES string of the molecule is C/C=C1\C(=O)N2CCc3c(n(C(=O)OC(C)(C)C)c4ccccc34)[C@@H]2C[C@@H]1CCO[Si](C)(C)C(C)(C)C. The molecule has 2 atom stereocenters. The third-order valence-electron chi connectivity index (χ3n) is 8.39. The Labute approximate surface area is 223 Å². The number of carbonyl (C=O) groups is 2. The number of piperidine rings is 1. The lowest BCUT2D eigenvalue weighted by Gasteiger charge is -2.44. The van der Waals surface area contributed by atoms with E-state index in [-0.39, 0.29) is 29.0 Å². The zero-order valence-electron chi connectivity index (χ0n) is 24.1. The number of nitrogens with zero attached hydrogens (tertiary/aromatic N) is 2. The summed E-state index contributed by atoms with van der Waals surface area (Å²) in [6, 6.07) is 7.86. The van der Waals surface area contributed by atoms with E-state index in [1.54, 1.807) is 4.57 Å². The van der Waals surface area contributed by atoms with Crippen LogP contribution in [-0.4, -0.2) is 48.5 Å². The van der Waals surface area contributed by atoms with Crippen LogP contribution in [0.5, 0.6) is 0 Å². The number of carbonyl (C=O) groups excluding carboxylic acids is 2. The van der Waals surface area contributed by atoms with Gasteiger partial charge in [0.25, 0.3) is 0 Å². The number of allylic oxidation sites excluding steroid dienone is 1. The molecule has 0 N–H and O–H groups in total. The van der Waals surface area contributed by atoms with Crippen LogP contribution < -0.4 is 0 Å². The maximum Gasteiger partial charge on any atom is 0.419 e. The molecular formula is C30H44N2O4Si. The highest BCUT2D eigenvalue weighted by molar-refractivity contribution is 6.74. The summed E-state index contributed by atoms with van der Waals surface area (Å²) in [5, 5.41) is 1.22. The van der Waals surface area contributed by atoms with Crippen molar-refractivity contribution in [1.29, 1.82) is 0 Å². The lowest BCUT2D eigenvalue weighted by atomic mass is 9.80.